The van der Waals surface area contributed by atoms with Crippen molar-refractivity contribution in [1.82, 2.24) is 0 Å². The summed E-state index contributed by atoms with van der Waals surface area (Å²) in [7, 11) is -6.78. The molecule has 0 spiro atoms. The number of allylic oxidation sites excluding steroid dienone is 4. The molecule has 0 fully saturated rings. The van der Waals surface area contributed by atoms with Crippen LogP contribution < -0.4 is 0 Å². The van der Waals surface area contributed by atoms with Gasteiger partial charge in [0, 0.05) is 12.5 Å². The summed E-state index contributed by atoms with van der Waals surface area (Å²) in [6.07, 6.45) is 5.22. The molecule has 16 heteroatoms. The van der Waals surface area contributed by atoms with E-state index in [1.54, 1.807) is 62.4 Å². The topological polar surface area (TPSA) is 173 Å². The fourth-order valence-corrected chi connectivity index (χ4v) is 8.24. The number of ether oxygens (including phenoxy) is 4. The van der Waals surface area contributed by atoms with Gasteiger partial charge in [0.05, 0.1) is 22.6 Å². The van der Waals surface area contributed by atoms with Gasteiger partial charge in [-0.1, -0.05) is 36.4 Å². The molecular weight excluding hydrogens is 847 g/mol. The summed E-state index contributed by atoms with van der Waals surface area (Å²) >= 11 is 0. The van der Waals surface area contributed by atoms with Gasteiger partial charge in [-0.25, -0.2) is 35.2 Å². The van der Waals surface area contributed by atoms with Crippen LogP contribution in [0.5, 0.6) is 0 Å². The molecule has 0 atom stereocenters. The van der Waals surface area contributed by atoms with Gasteiger partial charge in [0.1, 0.15) is 24.8 Å². The molecule has 0 saturated heterocycles. The van der Waals surface area contributed by atoms with Crippen LogP contribution in [-0.2, 0) is 57.8 Å². The van der Waals surface area contributed by atoms with Crippen molar-refractivity contribution >= 4 is 78.0 Å². The number of hydrogen-bond donors (Lipinski definition) is 0. The number of hydrogen-bond acceptors (Lipinski definition) is 12. The first-order chi connectivity index (χ1) is 29.3. The monoisotopic (exact) mass is 886 g/mol. The molecule has 4 aromatic carbocycles. The zero-order chi connectivity index (χ0) is 44.9. The van der Waals surface area contributed by atoms with E-state index in [9.17, 15) is 44.8 Å². The smallest absolute Gasteiger partial charge is 0.344 e. The number of benzene rings is 4. The lowest BCUT2D eigenvalue weighted by Gasteiger charge is -2.09. The minimum absolute atomic E-state index is 0.157. The summed E-state index contributed by atoms with van der Waals surface area (Å²) in [6, 6.07) is 20.8. The average molecular weight is 887 g/mol. The number of esters is 4. The molecular formula is C46H40F2O12S2. The van der Waals surface area contributed by atoms with Crippen molar-refractivity contribution < 1.29 is 63.7 Å². The van der Waals surface area contributed by atoms with Crippen LogP contribution in [0.1, 0.15) is 60.1 Å². The molecule has 6 rings (SSSR count). The standard InChI is InChI=1S/C46H40F2O12S2/c1-27-37(19-29-5-11-33(12-6-29)61(3,53)54)35-15-9-31(47)21-41(35)39(27)23-43(49)59-25-45(51)57-17-18-58-46(52)26-60-44(50)24-40-28(2)38(36-16-10-32(48)22-42(36)40)20-30-7-13-34(14-8-30)62(4,55)56/h5-16,19-22H,17-18,23-26H2,1-4H3/b37-19-,38-20-. The van der Waals surface area contributed by atoms with Crippen LogP contribution in [-0.4, -0.2) is 79.7 Å². The third-order valence-corrected chi connectivity index (χ3v) is 12.4. The van der Waals surface area contributed by atoms with Crippen LogP contribution in [0.15, 0.2) is 106 Å². The van der Waals surface area contributed by atoms with Crippen molar-refractivity contribution in [2.45, 2.75) is 36.5 Å². The highest BCUT2D eigenvalue weighted by Crippen LogP contribution is 2.45. The minimum atomic E-state index is -3.39. The van der Waals surface area contributed by atoms with Crippen LogP contribution in [0.4, 0.5) is 8.78 Å². The van der Waals surface area contributed by atoms with Gasteiger partial charge in [0.2, 0.25) is 0 Å². The molecule has 2 aliphatic rings. The molecule has 322 valence electrons. The number of sulfone groups is 2. The Balaban J connectivity index is 0.959. The van der Waals surface area contributed by atoms with Gasteiger partial charge in [-0.15, -0.1) is 0 Å². The molecule has 4 aromatic rings. The van der Waals surface area contributed by atoms with Crippen molar-refractivity contribution in [1.29, 1.82) is 0 Å². The average Bonchev–Trinajstić information content (AvgIpc) is 3.61. The second-order valence-electron chi connectivity index (χ2n) is 14.5. The Bertz CT molecular complexity index is 2640. The van der Waals surface area contributed by atoms with Gasteiger partial charge in [-0.05, 0) is 141 Å². The predicted octanol–water partition coefficient (Wildman–Crippen LogP) is 7.08. The summed E-state index contributed by atoms with van der Waals surface area (Å²) in [5, 5.41) is 0. The third kappa shape index (κ3) is 10.9. The SMILES string of the molecule is CC1=C(CC(=O)OCC(=O)OCCOC(=O)COC(=O)CC2=C(C)/C(=C/c3ccc(S(C)(=O)=O)cc3)c3ccc(F)cc32)c2cc(F)ccc2/C1=C\c1ccc(S(C)(=O)=O)cc1. The fourth-order valence-electron chi connectivity index (χ4n) is 6.98. The molecule has 0 bridgehead atoms. The Kier molecular flexibility index (Phi) is 13.5. The molecule has 0 saturated carbocycles. The van der Waals surface area contributed by atoms with Crippen molar-refractivity contribution in [3.8, 4) is 0 Å². The van der Waals surface area contributed by atoms with E-state index < -0.39 is 81.6 Å². The molecule has 2 aliphatic carbocycles. The number of carbonyl (C=O) groups is 4. The molecule has 12 nitrogen and oxygen atoms in total. The van der Waals surface area contributed by atoms with Crippen LogP contribution >= 0.6 is 0 Å². The van der Waals surface area contributed by atoms with Gasteiger partial charge < -0.3 is 18.9 Å². The molecule has 0 unspecified atom stereocenters. The van der Waals surface area contributed by atoms with E-state index in [1.165, 1.54) is 48.5 Å². The lowest BCUT2D eigenvalue weighted by Crippen LogP contribution is -2.21. The van der Waals surface area contributed by atoms with Crippen molar-refractivity contribution in [3.63, 3.8) is 0 Å². The summed E-state index contributed by atoms with van der Waals surface area (Å²) in [6.45, 7) is 1.21. The van der Waals surface area contributed by atoms with E-state index in [1.807, 2.05) is 0 Å². The third-order valence-electron chi connectivity index (χ3n) is 10.1. The normalized spacial score (nSPS) is 14.8. The highest BCUT2D eigenvalue weighted by atomic mass is 32.2. The number of carbonyl (C=O) groups excluding carboxylic acids is 4. The molecule has 0 N–H and O–H groups in total. The lowest BCUT2D eigenvalue weighted by atomic mass is 10.0. The van der Waals surface area contributed by atoms with Crippen molar-refractivity contribution in [2.75, 3.05) is 38.9 Å². The highest BCUT2D eigenvalue weighted by molar-refractivity contribution is 7.91. The van der Waals surface area contributed by atoms with Crippen LogP contribution in [0.25, 0.3) is 34.4 Å². The summed E-state index contributed by atoms with van der Waals surface area (Å²) in [4.78, 5) is 50.6. The van der Waals surface area contributed by atoms with Crippen LogP contribution in [0, 0.1) is 11.6 Å². The summed E-state index contributed by atoms with van der Waals surface area (Å²) < 4.78 is 96.3. The quantitative estimate of drug-likeness (QED) is 0.0676. The minimum Gasteiger partial charge on any atom is -0.460 e. The lowest BCUT2D eigenvalue weighted by molar-refractivity contribution is -0.163. The van der Waals surface area contributed by atoms with Gasteiger partial charge in [-0.2, -0.15) is 0 Å². The summed E-state index contributed by atoms with van der Waals surface area (Å²) in [5.74, 6) is -4.48. The molecule has 0 heterocycles. The zero-order valence-corrected chi connectivity index (χ0v) is 35.6. The van der Waals surface area contributed by atoms with Gasteiger partial charge in [0.25, 0.3) is 0 Å². The Labute approximate surface area is 357 Å². The predicted molar refractivity (Wildman–Crippen MR) is 226 cm³/mol. The Morgan fingerprint density at radius 1 is 0.500 bits per heavy atom. The second kappa shape index (κ2) is 18.6. The Hall–Kier alpha value is -6.52. The first-order valence-corrected chi connectivity index (χ1v) is 22.7. The maximum absolute atomic E-state index is 14.3. The Morgan fingerprint density at radius 3 is 1.19 bits per heavy atom. The van der Waals surface area contributed by atoms with Crippen molar-refractivity contribution in [2.24, 2.45) is 0 Å². The van der Waals surface area contributed by atoms with E-state index in [4.69, 9.17) is 18.9 Å². The van der Waals surface area contributed by atoms with Crippen LogP contribution in [0.3, 0.4) is 0 Å². The Morgan fingerprint density at radius 2 is 0.855 bits per heavy atom. The first-order valence-electron chi connectivity index (χ1n) is 19.0. The molecule has 0 amide bonds. The molecule has 0 radical (unpaired) electrons. The number of fused-ring (bicyclic) bond motifs is 2. The maximum Gasteiger partial charge on any atom is 0.344 e. The van der Waals surface area contributed by atoms with Gasteiger partial charge >= 0.3 is 23.9 Å². The van der Waals surface area contributed by atoms with E-state index >= 15 is 0 Å². The first kappa shape index (κ1) is 45.0. The number of rotatable bonds is 15. The largest absolute Gasteiger partial charge is 0.460 e. The maximum atomic E-state index is 14.3. The molecule has 0 aliphatic heterocycles. The molecule has 0 aromatic heterocycles. The van der Waals surface area contributed by atoms with Crippen molar-refractivity contribution in [3.05, 3.63) is 141 Å². The van der Waals surface area contributed by atoms with E-state index in [0.717, 1.165) is 12.5 Å². The highest BCUT2D eigenvalue weighted by Gasteiger charge is 2.28. The van der Waals surface area contributed by atoms with E-state index in [2.05, 4.69) is 0 Å². The van der Waals surface area contributed by atoms with E-state index in [0.29, 0.717) is 66.8 Å². The van der Waals surface area contributed by atoms with Gasteiger partial charge in [-0.3, -0.25) is 9.59 Å². The fraction of sp³-hybridized carbons (Fsp3) is 0.217. The van der Waals surface area contributed by atoms with E-state index in [-0.39, 0.29) is 22.6 Å². The second-order valence-corrected chi connectivity index (χ2v) is 18.5. The van der Waals surface area contributed by atoms with Gasteiger partial charge in [0.15, 0.2) is 32.9 Å². The molecule has 62 heavy (non-hydrogen) atoms. The summed E-state index contributed by atoms with van der Waals surface area (Å²) in [5.41, 5.74) is 7.31. The number of halogens is 2. The van der Waals surface area contributed by atoms with Crippen LogP contribution in [0.2, 0.25) is 0 Å². The zero-order valence-electron chi connectivity index (χ0n) is 34.0.